The predicted octanol–water partition coefficient (Wildman–Crippen LogP) is 4.05. The molecule has 0 amide bonds. The third-order valence-electron chi connectivity index (χ3n) is 4.58. The second-order valence-electron chi connectivity index (χ2n) is 5.83. The Morgan fingerprint density at radius 1 is 1.43 bits per heavy atom. The fourth-order valence-corrected chi connectivity index (χ4v) is 4.90. The zero-order valence-corrected chi connectivity index (χ0v) is 15.7. The number of nitrogens with one attached hydrogen (secondary N) is 1. The van der Waals surface area contributed by atoms with Gasteiger partial charge in [-0.1, -0.05) is 13.8 Å². The number of thiophene rings is 1. The lowest BCUT2D eigenvalue weighted by atomic mass is 9.85. The zero-order chi connectivity index (χ0) is 15.3. The van der Waals surface area contributed by atoms with Gasteiger partial charge in [0, 0.05) is 28.0 Å². The van der Waals surface area contributed by atoms with Crippen LogP contribution in [0.3, 0.4) is 0 Å². The molecule has 1 saturated heterocycles. The number of halogens is 1. The first kappa shape index (κ1) is 17.4. The normalized spacial score (nSPS) is 21.1. The Labute approximate surface area is 141 Å². The van der Waals surface area contributed by atoms with E-state index in [0.717, 1.165) is 45.7 Å². The van der Waals surface area contributed by atoms with Crippen LogP contribution in [0.25, 0.3) is 0 Å². The van der Waals surface area contributed by atoms with Crippen LogP contribution < -0.4 is 5.32 Å². The minimum absolute atomic E-state index is 0.117. The van der Waals surface area contributed by atoms with Crippen molar-refractivity contribution in [3.8, 4) is 0 Å². The highest BCUT2D eigenvalue weighted by molar-refractivity contribution is 9.10. The third-order valence-corrected chi connectivity index (χ3v) is 6.51. The average molecular weight is 375 g/mol. The number of rotatable bonds is 7. The summed E-state index contributed by atoms with van der Waals surface area (Å²) in [6.45, 7) is 11.7. The highest BCUT2D eigenvalue weighted by Crippen LogP contribution is 2.40. The summed E-state index contributed by atoms with van der Waals surface area (Å²) in [7, 11) is 0. The molecule has 0 bridgehead atoms. The first-order valence-electron chi connectivity index (χ1n) is 7.92. The van der Waals surface area contributed by atoms with Crippen molar-refractivity contribution in [2.24, 2.45) is 0 Å². The van der Waals surface area contributed by atoms with Crippen LogP contribution >= 0.6 is 27.3 Å². The van der Waals surface area contributed by atoms with Gasteiger partial charge in [-0.05, 0) is 53.7 Å². The standard InChI is InChI=1S/C16H27BrN2OS/c1-4-7-18-15(14-13(17)6-12-21-14)16(3,5-2)19-8-10-20-11-9-19/h6,12,15,18H,4-5,7-11H2,1-3H3. The molecule has 1 fully saturated rings. The predicted molar refractivity (Wildman–Crippen MR) is 94.1 cm³/mol. The van der Waals surface area contributed by atoms with E-state index in [2.05, 4.69) is 58.4 Å². The average Bonchev–Trinajstić information content (AvgIpc) is 2.94. The van der Waals surface area contributed by atoms with Crippen LogP contribution in [0.4, 0.5) is 0 Å². The molecule has 2 unspecified atom stereocenters. The first-order valence-corrected chi connectivity index (χ1v) is 9.59. The molecule has 1 aromatic heterocycles. The van der Waals surface area contributed by atoms with Gasteiger partial charge in [-0.25, -0.2) is 0 Å². The van der Waals surface area contributed by atoms with E-state index in [4.69, 9.17) is 4.74 Å². The number of hydrogen-bond acceptors (Lipinski definition) is 4. The Hall–Kier alpha value is 0.0600. The van der Waals surface area contributed by atoms with Crippen molar-refractivity contribution >= 4 is 27.3 Å². The van der Waals surface area contributed by atoms with Gasteiger partial charge in [0.05, 0.1) is 19.3 Å². The second kappa shape index (κ2) is 8.06. The second-order valence-corrected chi connectivity index (χ2v) is 7.63. The third kappa shape index (κ3) is 3.88. The smallest absolute Gasteiger partial charge is 0.0610 e. The monoisotopic (exact) mass is 374 g/mol. The Kier molecular flexibility index (Phi) is 6.69. The van der Waals surface area contributed by atoms with Gasteiger partial charge in [-0.3, -0.25) is 4.90 Å². The summed E-state index contributed by atoms with van der Waals surface area (Å²) in [5.74, 6) is 0. The lowest BCUT2D eigenvalue weighted by Crippen LogP contribution is -2.57. The van der Waals surface area contributed by atoms with E-state index in [9.17, 15) is 0 Å². The van der Waals surface area contributed by atoms with Crippen molar-refractivity contribution < 1.29 is 4.74 Å². The van der Waals surface area contributed by atoms with Crippen molar-refractivity contribution in [3.63, 3.8) is 0 Å². The van der Waals surface area contributed by atoms with Crippen LogP contribution in [-0.2, 0) is 4.74 Å². The maximum absolute atomic E-state index is 5.55. The van der Waals surface area contributed by atoms with Crippen LogP contribution in [0.15, 0.2) is 15.9 Å². The van der Waals surface area contributed by atoms with Gasteiger partial charge in [0.25, 0.3) is 0 Å². The van der Waals surface area contributed by atoms with Crippen LogP contribution in [-0.4, -0.2) is 43.3 Å². The zero-order valence-electron chi connectivity index (χ0n) is 13.3. The topological polar surface area (TPSA) is 24.5 Å². The van der Waals surface area contributed by atoms with Gasteiger partial charge in [0.1, 0.15) is 0 Å². The largest absolute Gasteiger partial charge is 0.379 e. The van der Waals surface area contributed by atoms with E-state index in [1.807, 2.05) is 11.3 Å². The number of nitrogens with zero attached hydrogens (tertiary/aromatic N) is 1. The quantitative estimate of drug-likeness (QED) is 0.778. The van der Waals surface area contributed by atoms with Crippen molar-refractivity contribution in [1.29, 1.82) is 0 Å². The molecule has 3 nitrogen and oxygen atoms in total. The summed E-state index contributed by atoms with van der Waals surface area (Å²) < 4.78 is 6.78. The molecule has 120 valence electrons. The lowest BCUT2D eigenvalue weighted by Gasteiger charge is -2.48. The highest BCUT2D eigenvalue weighted by atomic mass is 79.9. The molecular formula is C16H27BrN2OS. The molecule has 0 saturated carbocycles. The number of hydrogen-bond donors (Lipinski definition) is 1. The van der Waals surface area contributed by atoms with E-state index >= 15 is 0 Å². The summed E-state index contributed by atoms with van der Waals surface area (Å²) >= 11 is 5.58. The lowest BCUT2D eigenvalue weighted by molar-refractivity contribution is -0.0324. The minimum atomic E-state index is 0.117. The molecule has 1 N–H and O–H groups in total. The van der Waals surface area contributed by atoms with Gasteiger partial charge in [-0.15, -0.1) is 11.3 Å². The van der Waals surface area contributed by atoms with E-state index in [1.165, 1.54) is 9.35 Å². The molecule has 2 heterocycles. The Morgan fingerprint density at radius 3 is 2.67 bits per heavy atom. The summed E-state index contributed by atoms with van der Waals surface area (Å²) in [4.78, 5) is 4.02. The van der Waals surface area contributed by atoms with Crippen molar-refractivity contribution in [3.05, 3.63) is 20.8 Å². The van der Waals surface area contributed by atoms with Crippen molar-refractivity contribution in [1.82, 2.24) is 10.2 Å². The molecule has 0 aliphatic carbocycles. The van der Waals surface area contributed by atoms with Gasteiger partial charge in [0.2, 0.25) is 0 Å². The summed E-state index contributed by atoms with van der Waals surface area (Å²) in [6, 6.07) is 2.52. The van der Waals surface area contributed by atoms with Crippen molar-refractivity contribution in [2.45, 2.75) is 45.2 Å². The fourth-order valence-electron chi connectivity index (χ4n) is 3.08. The van der Waals surface area contributed by atoms with E-state index in [-0.39, 0.29) is 5.54 Å². The summed E-state index contributed by atoms with van der Waals surface area (Å²) in [6.07, 6.45) is 2.28. The highest BCUT2D eigenvalue weighted by Gasteiger charge is 2.40. The molecular weight excluding hydrogens is 348 g/mol. The van der Waals surface area contributed by atoms with Gasteiger partial charge < -0.3 is 10.1 Å². The molecule has 0 spiro atoms. The van der Waals surface area contributed by atoms with Crippen LogP contribution in [0.5, 0.6) is 0 Å². The van der Waals surface area contributed by atoms with Crippen LogP contribution in [0, 0.1) is 0 Å². The molecule has 1 aliphatic heterocycles. The molecule has 1 aliphatic rings. The first-order chi connectivity index (χ1) is 10.1. The van der Waals surface area contributed by atoms with Gasteiger partial charge in [-0.2, -0.15) is 0 Å². The maximum atomic E-state index is 5.55. The van der Waals surface area contributed by atoms with Gasteiger partial charge >= 0.3 is 0 Å². The van der Waals surface area contributed by atoms with Crippen molar-refractivity contribution in [2.75, 3.05) is 32.8 Å². The number of ether oxygens (including phenoxy) is 1. The van der Waals surface area contributed by atoms with E-state index in [1.54, 1.807) is 0 Å². The minimum Gasteiger partial charge on any atom is -0.379 e. The SMILES string of the molecule is CCCNC(c1sccc1Br)C(C)(CC)N1CCOCC1. The van der Waals surface area contributed by atoms with Gasteiger partial charge in [0.15, 0.2) is 0 Å². The molecule has 21 heavy (non-hydrogen) atoms. The van der Waals surface area contributed by atoms with Crippen LogP contribution in [0.2, 0.25) is 0 Å². The van der Waals surface area contributed by atoms with Crippen LogP contribution in [0.1, 0.15) is 44.5 Å². The Balaban J connectivity index is 2.29. The Morgan fingerprint density at radius 2 is 2.14 bits per heavy atom. The summed E-state index contributed by atoms with van der Waals surface area (Å²) in [5.41, 5.74) is 0.117. The number of morpholine rings is 1. The molecule has 5 heteroatoms. The van der Waals surface area contributed by atoms with E-state index in [0.29, 0.717) is 6.04 Å². The molecule has 0 aromatic carbocycles. The molecule has 1 aromatic rings. The maximum Gasteiger partial charge on any atom is 0.0610 e. The summed E-state index contributed by atoms with van der Waals surface area (Å²) in [5, 5.41) is 5.98. The molecule has 0 radical (unpaired) electrons. The fraction of sp³-hybridized carbons (Fsp3) is 0.750. The molecule has 2 rings (SSSR count). The van der Waals surface area contributed by atoms with E-state index < -0.39 is 0 Å². The molecule has 2 atom stereocenters. The Bertz CT molecular complexity index is 434.